The molecule has 1 saturated carbocycles. The van der Waals surface area contributed by atoms with Gasteiger partial charge >= 0.3 is 0 Å². The summed E-state index contributed by atoms with van der Waals surface area (Å²) < 4.78 is 5.30. The molecule has 0 saturated heterocycles. The number of ether oxygens (including phenoxy) is 1. The topological polar surface area (TPSA) is 29.5 Å². The van der Waals surface area contributed by atoms with E-state index in [1.54, 1.807) is 14.0 Å². The van der Waals surface area contributed by atoms with Gasteiger partial charge in [-0.2, -0.15) is 0 Å². The lowest BCUT2D eigenvalue weighted by molar-refractivity contribution is 0.101. The van der Waals surface area contributed by atoms with E-state index < -0.39 is 0 Å². The Hall–Kier alpha value is -1.77. The van der Waals surface area contributed by atoms with Gasteiger partial charge in [-0.15, -0.1) is 6.58 Å². The van der Waals surface area contributed by atoms with Crippen LogP contribution >= 0.6 is 0 Å². The Balaban J connectivity index is 2.46. The molecule has 3 nitrogen and oxygen atoms in total. The Kier molecular flexibility index (Phi) is 3.70. The molecule has 1 aliphatic rings. The zero-order valence-corrected chi connectivity index (χ0v) is 11.0. The van der Waals surface area contributed by atoms with Crippen molar-refractivity contribution in [1.29, 1.82) is 0 Å². The molecular weight excluding hydrogens is 226 g/mol. The number of Topliss-reactive ketones (excluding diaryl/α,β-unsaturated/α-hetero) is 1. The normalized spacial score (nSPS) is 14.1. The number of carbonyl (C=O) groups excluding carboxylic acids is 1. The van der Waals surface area contributed by atoms with E-state index in [1.807, 2.05) is 24.3 Å². The van der Waals surface area contributed by atoms with Crippen molar-refractivity contribution in [1.82, 2.24) is 0 Å². The Morgan fingerprint density at radius 3 is 2.78 bits per heavy atom. The number of nitrogens with zero attached hydrogens (tertiary/aromatic N) is 1. The number of anilines is 1. The highest BCUT2D eigenvalue weighted by molar-refractivity contribution is 6.02. The second-order valence-corrected chi connectivity index (χ2v) is 4.58. The molecule has 0 bridgehead atoms. The zero-order valence-electron chi connectivity index (χ0n) is 11.0. The van der Waals surface area contributed by atoms with Gasteiger partial charge in [-0.1, -0.05) is 12.1 Å². The van der Waals surface area contributed by atoms with Gasteiger partial charge in [0, 0.05) is 12.6 Å². The van der Waals surface area contributed by atoms with Gasteiger partial charge in [0.15, 0.2) is 5.78 Å². The molecule has 1 aromatic carbocycles. The van der Waals surface area contributed by atoms with E-state index in [9.17, 15) is 4.79 Å². The van der Waals surface area contributed by atoms with Gasteiger partial charge in [-0.05, 0) is 31.9 Å². The fraction of sp³-hybridized carbons (Fsp3) is 0.400. The third-order valence-electron chi connectivity index (χ3n) is 3.20. The van der Waals surface area contributed by atoms with Crippen molar-refractivity contribution in [2.75, 3.05) is 18.6 Å². The first kappa shape index (κ1) is 12.7. The SMILES string of the molecule is C=CCN(c1cccc(OC)c1C(C)=O)C1CC1. The summed E-state index contributed by atoms with van der Waals surface area (Å²) >= 11 is 0. The fourth-order valence-electron chi connectivity index (χ4n) is 2.25. The maximum absolute atomic E-state index is 11.9. The molecule has 1 aliphatic carbocycles. The number of carbonyl (C=O) groups is 1. The molecule has 0 unspecified atom stereocenters. The van der Waals surface area contributed by atoms with Crippen molar-refractivity contribution in [2.24, 2.45) is 0 Å². The highest BCUT2D eigenvalue weighted by Gasteiger charge is 2.31. The van der Waals surface area contributed by atoms with Crippen LogP contribution in [0.2, 0.25) is 0 Å². The summed E-state index contributed by atoms with van der Waals surface area (Å²) in [5.74, 6) is 0.687. The Bertz CT molecular complexity index is 464. The first-order valence-corrected chi connectivity index (χ1v) is 6.24. The summed E-state index contributed by atoms with van der Waals surface area (Å²) in [5, 5.41) is 0. The lowest BCUT2D eigenvalue weighted by Gasteiger charge is -2.26. The van der Waals surface area contributed by atoms with Crippen molar-refractivity contribution in [2.45, 2.75) is 25.8 Å². The largest absolute Gasteiger partial charge is 0.496 e. The first-order chi connectivity index (χ1) is 8.69. The summed E-state index contributed by atoms with van der Waals surface area (Å²) in [6.07, 6.45) is 4.24. The average Bonchev–Trinajstić information content (AvgIpc) is 3.19. The van der Waals surface area contributed by atoms with Crippen LogP contribution in [0.4, 0.5) is 5.69 Å². The molecule has 0 aromatic heterocycles. The van der Waals surface area contributed by atoms with Crippen LogP contribution in [-0.2, 0) is 0 Å². The lowest BCUT2D eigenvalue weighted by Crippen LogP contribution is -2.27. The molecule has 0 aliphatic heterocycles. The molecule has 3 heteroatoms. The average molecular weight is 245 g/mol. The van der Waals surface area contributed by atoms with Crippen LogP contribution in [0.5, 0.6) is 5.75 Å². The summed E-state index contributed by atoms with van der Waals surface area (Å²) in [5.41, 5.74) is 1.64. The molecule has 18 heavy (non-hydrogen) atoms. The minimum Gasteiger partial charge on any atom is -0.496 e. The Morgan fingerprint density at radius 1 is 1.56 bits per heavy atom. The lowest BCUT2D eigenvalue weighted by atomic mass is 10.1. The smallest absolute Gasteiger partial charge is 0.165 e. The van der Waals surface area contributed by atoms with Gasteiger partial charge in [0.1, 0.15) is 5.75 Å². The predicted molar refractivity (Wildman–Crippen MR) is 73.6 cm³/mol. The van der Waals surface area contributed by atoms with Gasteiger partial charge in [0.2, 0.25) is 0 Å². The quantitative estimate of drug-likeness (QED) is 0.570. The van der Waals surface area contributed by atoms with Crippen LogP contribution in [0, 0.1) is 0 Å². The molecule has 0 amide bonds. The van der Waals surface area contributed by atoms with Crippen molar-refractivity contribution < 1.29 is 9.53 Å². The molecule has 0 atom stereocenters. The number of benzene rings is 1. The van der Waals surface area contributed by atoms with Crippen LogP contribution < -0.4 is 9.64 Å². The first-order valence-electron chi connectivity index (χ1n) is 6.24. The second kappa shape index (κ2) is 5.25. The van der Waals surface area contributed by atoms with Crippen LogP contribution in [0.1, 0.15) is 30.1 Å². The van der Waals surface area contributed by atoms with Crippen LogP contribution in [-0.4, -0.2) is 25.5 Å². The number of rotatable bonds is 6. The summed E-state index contributed by atoms with van der Waals surface area (Å²) in [6, 6.07) is 6.28. The van der Waals surface area contributed by atoms with Crippen molar-refractivity contribution in [3.05, 3.63) is 36.4 Å². The van der Waals surface area contributed by atoms with Gasteiger partial charge in [0.25, 0.3) is 0 Å². The summed E-state index contributed by atoms with van der Waals surface area (Å²) in [7, 11) is 1.60. The molecule has 0 spiro atoms. The van der Waals surface area contributed by atoms with E-state index in [1.165, 1.54) is 12.8 Å². The zero-order chi connectivity index (χ0) is 13.1. The molecule has 0 radical (unpaired) electrons. The number of methoxy groups -OCH3 is 1. The van der Waals surface area contributed by atoms with Crippen molar-refractivity contribution in [3.63, 3.8) is 0 Å². The van der Waals surface area contributed by atoms with Gasteiger partial charge in [-0.25, -0.2) is 0 Å². The van der Waals surface area contributed by atoms with Crippen molar-refractivity contribution >= 4 is 11.5 Å². The molecule has 0 heterocycles. The third kappa shape index (κ3) is 2.40. The van der Waals surface area contributed by atoms with Crippen LogP contribution in [0.3, 0.4) is 0 Å². The third-order valence-corrected chi connectivity index (χ3v) is 3.20. The standard InChI is InChI=1S/C15H19NO2/c1-4-10-16(12-8-9-12)13-6-5-7-14(18-3)15(13)11(2)17/h4-7,12H,1,8-10H2,2-3H3. The molecular formula is C15H19NO2. The predicted octanol–water partition coefficient (Wildman–Crippen LogP) is 3.05. The molecule has 1 aromatic rings. The van der Waals surface area contributed by atoms with Crippen LogP contribution in [0.25, 0.3) is 0 Å². The van der Waals surface area contributed by atoms with Gasteiger partial charge in [-0.3, -0.25) is 4.79 Å². The van der Waals surface area contributed by atoms with E-state index >= 15 is 0 Å². The fourth-order valence-corrected chi connectivity index (χ4v) is 2.25. The van der Waals surface area contributed by atoms with Gasteiger partial charge in [0.05, 0.1) is 18.4 Å². The maximum atomic E-state index is 11.9. The van der Waals surface area contributed by atoms with Crippen LogP contribution in [0.15, 0.2) is 30.9 Å². The molecule has 1 fully saturated rings. The number of hydrogen-bond donors (Lipinski definition) is 0. The van der Waals surface area contributed by atoms with E-state index in [0.29, 0.717) is 17.4 Å². The number of hydrogen-bond acceptors (Lipinski definition) is 3. The highest BCUT2D eigenvalue weighted by Crippen LogP contribution is 2.36. The summed E-state index contributed by atoms with van der Waals surface area (Å²) in [4.78, 5) is 14.1. The molecule has 96 valence electrons. The monoisotopic (exact) mass is 245 g/mol. The Morgan fingerprint density at radius 2 is 2.28 bits per heavy atom. The van der Waals surface area contributed by atoms with E-state index in [4.69, 9.17) is 4.74 Å². The summed E-state index contributed by atoms with van der Waals surface area (Å²) in [6.45, 7) is 6.14. The van der Waals surface area contributed by atoms with Gasteiger partial charge < -0.3 is 9.64 Å². The molecule has 0 N–H and O–H groups in total. The maximum Gasteiger partial charge on any atom is 0.165 e. The molecule has 2 rings (SSSR count). The Labute approximate surface area is 108 Å². The second-order valence-electron chi connectivity index (χ2n) is 4.58. The number of ketones is 1. The van der Waals surface area contributed by atoms with E-state index in [-0.39, 0.29) is 5.78 Å². The minimum absolute atomic E-state index is 0.0390. The van der Waals surface area contributed by atoms with E-state index in [0.717, 1.165) is 12.2 Å². The van der Waals surface area contributed by atoms with E-state index in [2.05, 4.69) is 11.5 Å². The van der Waals surface area contributed by atoms with Crippen molar-refractivity contribution in [3.8, 4) is 5.75 Å². The minimum atomic E-state index is 0.0390. The highest BCUT2D eigenvalue weighted by atomic mass is 16.5.